The number of hydrogen-bond acceptors (Lipinski definition) is 5. The maximum Gasteiger partial charge on any atom is 0.262 e. The van der Waals surface area contributed by atoms with Gasteiger partial charge in [0.1, 0.15) is 23.3 Å². The Kier molecular flexibility index (Phi) is 5.24. The van der Waals surface area contributed by atoms with Gasteiger partial charge in [0, 0.05) is 10.3 Å². The van der Waals surface area contributed by atoms with Gasteiger partial charge >= 0.3 is 0 Å². The average molecular weight is 429 g/mol. The van der Waals surface area contributed by atoms with E-state index < -0.39 is 6.10 Å². The van der Waals surface area contributed by atoms with Crippen LogP contribution in [0.5, 0.6) is 5.75 Å². The van der Waals surface area contributed by atoms with Crippen LogP contribution in [-0.4, -0.2) is 27.4 Å². The van der Waals surface area contributed by atoms with Crippen molar-refractivity contribution in [3.8, 4) is 16.2 Å². The van der Waals surface area contributed by atoms with E-state index in [1.807, 2.05) is 78.9 Å². The summed E-state index contributed by atoms with van der Waals surface area (Å²) in [6, 6.07) is 25.6. The molecule has 0 aliphatic rings. The van der Waals surface area contributed by atoms with Gasteiger partial charge in [0.15, 0.2) is 0 Å². The molecule has 0 aliphatic heterocycles. The molecule has 0 fully saturated rings. The number of nitrogens with zero attached hydrogens (tertiary/aromatic N) is 2. The van der Waals surface area contributed by atoms with E-state index in [0.29, 0.717) is 16.0 Å². The van der Waals surface area contributed by atoms with Gasteiger partial charge < -0.3 is 9.84 Å². The first-order valence-corrected chi connectivity index (χ1v) is 10.8. The number of hydrogen-bond donors (Lipinski definition) is 1. The van der Waals surface area contributed by atoms with Crippen molar-refractivity contribution in [3.63, 3.8) is 0 Å². The van der Waals surface area contributed by atoms with Crippen molar-refractivity contribution in [3.05, 3.63) is 95.5 Å². The first-order chi connectivity index (χ1) is 15.2. The summed E-state index contributed by atoms with van der Waals surface area (Å²) in [5.41, 5.74) is 0.896. The Hall–Kier alpha value is -3.48. The van der Waals surface area contributed by atoms with Crippen LogP contribution < -0.4 is 10.3 Å². The van der Waals surface area contributed by atoms with Crippen molar-refractivity contribution < 1.29 is 9.84 Å². The van der Waals surface area contributed by atoms with Gasteiger partial charge in [-0.1, -0.05) is 66.7 Å². The molecule has 1 N–H and O–H groups in total. The normalized spacial score (nSPS) is 12.3. The first-order valence-electron chi connectivity index (χ1n) is 10.0. The standard InChI is InChI=1S/C25H20N2O3S/c28-19(15-30-22-12-6-10-17-7-4-5-11-20(17)22)14-27-16-26-24-21(25(27)29)13-23(31-24)18-8-2-1-3-9-18/h1-13,16,19,28H,14-15H2. The van der Waals surface area contributed by atoms with Crippen LogP contribution in [0.25, 0.3) is 31.4 Å². The minimum Gasteiger partial charge on any atom is -0.490 e. The zero-order chi connectivity index (χ0) is 21.2. The highest BCUT2D eigenvalue weighted by Crippen LogP contribution is 2.30. The molecule has 0 spiro atoms. The second-order valence-corrected chi connectivity index (χ2v) is 8.37. The molecule has 0 aliphatic carbocycles. The highest BCUT2D eigenvalue weighted by molar-refractivity contribution is 7.21. The van der Waals surface area contributed by atoms with E-state index in [9.17, 15) is 9.90 Å². The topological polar surface area (TPSA) is 64.4 Å². The quantitative estimate of drug-likeness (QED) is 0.425. The van der Waals surface area contributed by atoms with E-state index in [2.05, 4.69) is 4.98 Å². The number of thiophene rings is 1. The van der Waals surface area contributed by atoms with Gasteiger partial charge in [-0.05, 0) is 23.1 Å². The number of aliphatic hydroxyl groups is 1. The first kappa shape index (κ1) is 19.5. The largest absolute Gasteiger partial charge is 0.490 e. The Morgan fingerprint density at radius 1 is 0.968 bits per heavy atom. The monoisotopic (exact) mass is 428 g/mol. The molecule has 0 saturated carbocycles. The molecule has 0 bridgehead atoms. The number of benzene rings is 3. The fraction of sp³-hybridized carbons (Fsp3) is 0.120. The zero-order valence-electron chi connectivity index (χ0n) is 16.6. The molecule has 5 nitrogen and oxygen atoms in total. The highest BCUT2D eigenvalue weighted by atomic mass is 32.1. The fourth-order valence-corrected chi connectivity index (χ4v) is 4.62. The molecule has 3 aromatic carbocycles. The van der Waals surface area contributed by atoms with Crippen LogP contribution in [0.2, 0.25) is 0 Å². The summed E-state index contributed by atoms with van der Waals surface area (Å²) in [6.07, 6.45) is 0.653. The van der Waals surface area contributed by atoms with Crippen molar-refractivity contribution in [1.82, 2.24) is 9.55 Å². The summed E-state index contributed by atoms with van der Waals surface area (Å²) in [5.74, 6) is 0.711. The Labute approximate surface area is 182 Å². The average Bonchev–Trinajstić information content (AvgIpc) is 3.25. The summed E-state index contributed by atoms with van der Waals surface area (Å²) in [7, 11) is 0. The Morgan fingerprint density at radius 2 is 1.74 bits per heavy atom. The lowest BCUT2D eigenvalue weighted by Gasteiger charge is -2.15. The van der Waals surface area contributed by atoms with E-state index in [0.717, 1.165) is 21.2 Å². The summed E-state index contributed by atoms with van der Waals surface area (Å²) in [6.45, 7) is 0.195. The summed E-state index contributed by atoms with van der Waals surface area (Å²) < 4.78 is 7.30. The van der Waals surface area contributed by atoms with E-state index in [-0.39, 0.29) is 18.7 Å². The Balaban J connectivity index is 1.34. The maximum absolute atomic E-state index is 12.9. The predicted molar refractivity (Wildman–Crippen MR) is 125 cm³/mol. The number of aliphatic hydroxyl groups excluding tert-OH is 1. The molecule has 1 unspecified atom stereocenters. The van der Waals surface area contributed by atoms with Gasteiger partial charge in [-0.15, -0.1) is 11.3 Å². The molecule has 5 rings (SSSR count). The molecule has 0 saturated heterocycles. The third-order valence-electron chi connectivity index (χ3n) is 5.16. The van der Waals surface area contributed by atoms with Crippen molar-refractivity contribution in [1.29, 1.82) is 0 Å². The molecule has 154 valence electrons. The number of ether oxygens (including phenoxy) is 1. The SMILES string of the molecule is O=c1c2cc(-c3ccccc3)sc2ncn1CC(O)COc1cccc2ccccc12. The smallest absolute Gasteiger partial charge is 0.262 e. The molecule has 2 aromatic heterocycles. The molecule has 6 heteroatoms. The maximum atomic E-state index is 12.9. The lowest BCUT2D eigenvalue weighted by Crippen LogP contribution is -2.30. The minimum atomic E-state index is -0.844. The third-order valence-corrected chi connectivity index (χ3v) is 6.26. The van der Waals surface area contributed by atoms with Gasteiger partial charge in [0.05, 0.1) is 18.3 Å². The highest BCUT2D eigenvalue weighted by Gasteiger charge is 2.14. The second kappa shape index (κ2) is 8.34. The van der Waals surface area contributed by atoms with Crippen LogP contribution in [0.15, 0.2) is 90.0 Å². The van der Waals surface area contributed by atoms with E-state index >= 15 is 0 Å². The Bertz CT molecular complexity index is 1400. The van der Waals surface area contributed by atoms with Crippen molar-refractivity contribution in [2.24, 2.45) is 0 Å². The lowest BCUT2D eigenvalue weighted by atomic mass is 10.1. The van der Waals surface area contributed by atoms with Crippen molar-refractivity contribution in [2.45, 2.75) is 12.6 Å². The van der Waals surface area contributed by atoms with Crippen LogP contribution in [-0.2, 0) is 6.54 Å². The molecular weight excluding hydrogens is 408 g/mol. The number of rotatable bonds is 6. The van der Waals surface area contributed by atoms with Gasteiger partial charge in [0.25, 0.3) is 5.56 Å². The molecule has 1 atom stereocenters. The van der Waals surface area contributed by atoms with E-state index in [1.54, 1.807) is 0 Å². The van der Waals surface area contributed by atoms with Crippen LogP contribution in [0.1, 0.15) is 0 Å². The number of aromatic nitrogens is 2. The van der Waals surface area contributed by atoms with E-state index in [1.165, 1.54) is 22.2 Å². The third kappa shape index (κ3) is 3.95. The van der Waals surface area contributed by atoms with Gasteiger partial charge in [-0.3, -0.25) is 9.36 Å². The molecule has 0 amide bonds. The second-order valence-electron chi connectivity index (χ2n) is 7.34. The van der Waals surface area contributed by atoms with Crippen LogP contribution in [0, 0.1) is 0 Å². The van der Waals surface area contributed by atoms with Crippen molar-refractivity contribution in [2.75, 3.05) is 6.61 Å². The molecule has 5 aromatic rings. The van der Waals surface area contributed by atoms with Crippen molar-refractivity contribution >= 4 is 32.3 Å². The molecule has 31 heavy (non-hydrogen) atoms. The van der Waals surface area contributed by atoms with Crippen LogP contribution in [0.4, 0.5) is 0 Å². The minimum absolute atomic E-state index is 0.0807. The predicted octanol–water partition coefficient (Wildman–Crippen LogP) is 4.72. The fourth-order valence-electron chi connectivity index (χ4n) is 3.62. The Morgan fingerprint density at radius 3 is 2.61 bits per heavy atom. The number of fused-ring (bicyclic) bond motifs is 2. The lowest BCUT2D eigenvalue weighted by molar-refractivity contribution is 0.0922. The van der Waals surface area contributed by atoms with Gasteiger partial charge in [-0.25, -0.2) is 4.98 Å². The van der Waals surface area contributed by atoms with Crippen LogP contribution in [0.3, 0.4) is 0 Å². The summed E-state index contributed by atoms with van der Waals surface area (Å²) >= 11 is 1.49. The molecule has 0 radical (unpaired) electrons. The summed E-state index contributed by atoms with van der Waals surface area (Å²) in [4.78, 5) is 19.1. The van der Waals surface area contributed by atoms with E-state index in [4.69, 9.17) is 4.74 Å². The zero-order valence-corrected chi connectivity index (χ0v) is 17.5. The van der Waals surface area contributed by atoms with Gasteiger partial charge in [-0.2, -0.15) is 0 Å². The van der Waals surface area contributed by atoms with Gasteiger partial charge in [0.2, 0.25) is 0 Å². The molecular formula is C25H20N2O3S. The summed E-state index contributed by atoms with van der Waals surface area (Å²) in [5, 5.41) is 13.1. The molecule has 2 heterocycles. The van der Waals surface area contributed by atoms with Crippen LogP contribution >= 0.6 is 11.3 Å².